The van der Waals surface area contributed by atoms with Gasteiger partial charge in [-0.1, -0.05) is 24.3 Å². The lowest BCUT2D eigenvalue weighted by Gasteiger charge is -2.15. The molecule has 0 saturated heterocycles. The van der Waals surface area contributed by atoms with E-state index in [2.05, 4.69) is 15.0 Å². The lowest BCUT2D eigenvalue weighted by molar-refractivity contribution is -0.0980. The predicted molar refractivity (Wildman–Crippen MR) is 151 cm³/mol. The van der Waals surface area contributed by atoms with E-state index in [-0.39, 0.29) is 5.56 Å². The van der Waals surface area contributed by atoms with E-state index in [1.165, 1.54) is 4.68 Å². The van der Waals surface area contributed by atoms with Crippen LogP contribution in [-0.2, 0) is 9.53 Å². The maximum absolute atomic E-state index is 13.3. The Morgan fingerprint density at radius 2 is 1.61 bits per heavy atom. The molecule has 0 amide bonds. The van der Waals surface area contributed by atoms with Crippen molar-refractivity contribution in [2.45, 2.75) is 13.8 Å². The van der Waals surface area contributed by atoms with Gasteiger partial charge in [0.1, 0.15) is 18.2 Å². The Hall–Kier alpha value is -4.50. The largest absolute Gasteiger partial charge is 0.497 e. The van der Waals surface area contributed by atoms with Crippen LogP contribution < -0.4 is 20.3 Å². The van der Waals surface area contributed by atoms with Gasteiger partial charge in [-0.15, -0.1) is 0 Å². The van der Waals surface area contributed by atoms with E-state index in [4.69, 9.17) is 19.4 Å². The van der Waals surface area contributed by atoms with Crippen molar-refractivity contribution in [3.05, 3.63) is 82.8 Å². The summed E-state index contributed by atoms with van der Waals surface area (Å²) < 4.78 is 16.2. The number of benzene rings is 2. The zero-order valence-corrected chi connectivity index (χ0v) is 22.6. The van der Waals surface area contributed by atoms with Crippen molar-refractivity contribution in [1.29, 1.82) is 0 Å². The number of ether oxygens (including phenoxy) is 3. The summed E-state index contributed by atoms with van der Waals surface area (Å²) in [6.45, 7) is 6.54. The minimum Gasteiger partial charge on any atom is -0.497 e. The molecule has 4 rings (SSSR count). The fraction of sp³-hybridized carbons (Fsp3) is 0.241. The molecular weight excluding hydrogens is 484 g/mol. The number of pyridine rings is 1. The molecule has 2 heterocycles. The van der Waals surface area contributed by atoms with Crippen molar-refractivity contribution < 1.29 is 19.0 Å². The number of methoxy groups -OCH3 is 3. The van der Waals surface area contributed by atoms with Crippen LogP contribution in [0.5, 0.6) is 11.6 Å². The highest BCUT2D eigenvalue weighted by atomic mass is 16.5. The van der Waals surface area contributed by atoms with Crippen LogP contribution in [0.1, 0.15) is 12.5 Å². The Morgan fingerprint density at radius 1 is 0.895 bits per heavy atom. The van der Waals surface area contributed by atoms with Crippen molar-refractivity contribution in [3.63, 3.8) is 0 Å². The number of nitrogens with one attached hydrogen (secondary N) is 1. The molecule has 9 nitrogen and oxygen atoms in total. The zero-order chi connectivity index (χ0) is 28.1. The maximum atomic E-state index is 13.3. The molecule has 9 heteroatoms. The van der Waals surface area contributed by atoms with E-state index in [0.717, 1.165) is 28.0 Å². The number of anilines is 1. The molecule has 0 atom stereocenters. The van der Waals surface area contributed by atoms with Crippen LogP contribution in [0.15, 0.2) is 71.7 Å². The van der Waals surface area contributed by atoms with Crippen molar-refractivity contribution in [1.82, 2.24) is 14.8 Å². The molecule has 0 radical (unpaired) electrons. The van der Waals surface area contributed by atoms with Crippen LogP contribution in [0.4, 0.5) is 5.69 Å². The summed E-state index contributed by atoms with van der Waals surface area (Å²) in [5.74, 6) is 1.27. The van der Waals surface area contributed by atoms with Gasteiger partial charge in [0.2, 0.25) is 5.88 Å². The van der Waals surface area contributed by atoms with Crippen molar-refractivity contribution in [3.8, 4) is 39.7 Å². The summed E-state index contributed by atoms with van der Waals surface area (Å²) in [7, 11) is 6.46. The Kier molecular flexibility index (Phi) is 11.7. The second-order valence-corrected chi connectivity index (χ2v) is 7.92. The second kappa shape index (κ2) is 14.9. The Balaban J connectivity index is 0.000000947. The number of aromatic nitrogens is 3. The van der Waals surface area contributed by atoms with Gasteiger partial charge in [-0.3, -0.25) is 4.79 Å². The van der Waals surface area contributed by atoms with Gasteiger partial charge in [0.05, 0.1) is 25.6 Å². The van der Waals surface area contributed by atoms with E-state index >= 15 is 0 Å². The minimum atomic E-state index is -0.211. The summed E-state index contributed by atoms with van der Waals surface area (Å²) in [5.41, 5.74) is 5.28. The molecule has 1 N–H and O–H groups in total. The van der Waals surface area contributed by atoms with Crippen LogP contribution in [-0.4, -0.2) is 56.5 Å². The molecule has 200 valence electrons. The average Bonchev–Trinajstić information content (AvgIpc) is 2.96. The smallest absolute Gasteiger partial charge is 0.294 e. The van der Waals surface area contributed by atoms with Gasteiger partial charge in [0, 0.05) is 44.2 Å². The normalized spacial score (nSPS) is 9.84. The molecule has 2 aromatic heterocycles. The zero-order valence-electron chi connectivity index (χ0n) is 22.6. The first kappa shape index (κ1) is 29.7. The average molecular weight is 519 g/mol. The molecule has 0 bridgehead atoms. The topological polar surface area (TPSA) is 105 Å². The van der Waals surface area contributed by atoms with Crippen LogP contribution >= 0.6 is 0 Å². The van der Waals surface area contributed by atoms with Gasteiger partial charge in [-0.25, -0.2) is 4.98 Å². The van der Waals surface area contributed by atoms with Crippen molar-refractivity contribution in [2.24, 2.45) is 0 Å². The van der Waals surface area contributed by atoms with Crippen molar-refractivity contribution in [2.75, 3.05) is 40.3 Å². The maximum Gasteiger partial charge on any atom is 0.294 e. The Morgan fingerprint density at radius 3 is 2.21 bits per heavy atom. The lowest BCUT2D eigenvalue weighted by Crippen LogP contribution is -2.25. The SMILES string of the molecule is C=O.CCNc1cc(-c2cccc(OC)c2)nn(-c2cc(-c3ccc(OC)nc3)ccc2C)c1=O.COC. The third kappa shape index (κ3) is 7.27. The van der Waals surface area contributed by atoms with Crippen LogP contribution in [0.2, 0.25) is 0 Å². The van der Waals surface area contributed by atoms with Crippen LogP contribution in [0, 0.1) is 6.92 Å². The minimum absolute atomic E-state index is 0.211. The summed E-state index contributed by atoms with van der Waals surface area (Å²) in [6.07, 6.45) is 1.75. The predicted octanol–water partition coefficient (Wildman–Crippen LogP) is 4.80. The number of rotatable bonds is 7. The molecule has 0 aliphatic rings. The van der Waals surface area contributed by atoms with E-state index in [1.807, 2.05) is 75.2 Å². The summed E-state index contributed by atoms with van der Waals surface area (Å²) in [6, 6.07) is 19.1. The third-order valence-electron chi connectivity index (χ3n) is 5.36. The fourth-order valence-corrected chi connectivity index (χ4v) is 3.59. The monoisotopic (exact) mass is 518 g/mol. The fourth-order valence-electron chi connectivity index (χ4n) is 3.59. The first-order chi connectivity index (χ1) is 18.4. The van der Waals surface area contributed by atoms with E-state index < -0.39 is 0 Å². The molecule has 4 aromatic rings. The standard InChI is InChI=1S/C26H26N4O3.C2H6O.CH2O/c1-5-27-23-15-22(19-7-6-8-21(13-19)32-3)29-30(26(23)31)24-14-18(10-9-17(24)2)20-11-12-25(33-4)28-16-20;1-3-2;1-2/h6-16,27H,5H2,1-4H3;1-2H3;1H2. The molecule has 0 aliphatic carbocycles. The Bertz CT molecular complexity index is 1370. The Labute approximate surface area is 223 Å². The number of nitrogens with zero attached hydrogens (tertiary/aromatic N) is 3. The second-order valence-electron chi connectivity index (χ2n) is 7.92. The van der Waals surface area contributed by atoms with Gasteiger partial charge >= 0.3 is 0 Å². The highest BCUT2D eigenvalue weighted by molar-refractivity contribution is 5.68. The molecule has 0 unspecified atom stereocenters. The van der Waals surface area contributed by atoms with Gasteiger partial charge in [0.25, 0.3) is 5.56 Å². The van der Waals surface area contributed by atoms with Crippen LogP contribution in [0.25, 0.3) is 28.1 Å². The lowest BCUT2D eigenvalue weighted by atomic mass is 10.0. The first-order valence-corrected chi connectivity index (χ1v) is 11.8. The van der Waals surface area contributed by atoms with E-state index in [9.17, 15) is 4.79 Å². The quantitative estimate of drug-likeness (QED) is 0.372. The highest BCUT2D eigenvalue weighted by Gasteiger charge is 2.14. The summed E-state index contributed by atoms with van der Waals surface area (Å²) in [5, 5.41) is 7.90. The molecule has 0 fully saturated rings. The van der Waals surface area contributed by atoms with Crippen LogP contribution in [0.3, 0.4) is 0 Å². The molecule has 0 aliphatic heterocycles. The molecule has 0 spiro atoms. The number of aryl methyl sites for hydroxylation is 1. The van der Waals surface area contributed by atoms with Crippen molar-refractivity contribution >= 4 is 12.5 Å². The van der Waals surface area contributed by atoms with E-state index in [0.29, 0.717) is 29.5 Å². The van der Waals surface area contributed by atoms with E-state index in [1.54, 1.807) is 40.7 Å². The highest BCUT2D eigenvalue weighted by Crippen LogP contribution is 2.27. The number of hydrogen-bond donors (Lipinski definition) is 1. The van der Waals surface area contributed by atoms with Gasteiger partial charge in [0.15, 0.2) is 0 Å². The number of carbonyl (C=O) groups is 1. The molecule has 38 heavy (non-hydrogen) atoms. The number of hydrogen-bond acceptors (Lipinski definition) is 8. The van der Waals surface area contributed by atoms with Gasteiger partial charge in [-0.2, -0.15) is 9.78 Å². The van der Waals surface area contributed by atoms with Gasteiger partial charge < -0.3 is 24.3 Å². The molecule has 0 saturated carbocycles. The third-order valence-corrected chi connectivity index (χ3v) is 5.36. The summed E-state index contributed by atoms with van der Waals surface area (Å²) >= 11 is 0. The van der Waals surface area contributed by atoms with Gasteiger partial charge in [-0.05, 0) is 55.3 Å². The first-order valence-electron chi connectivity index (χ1n) is 11.8. The molecule has 2 aromatic carbocycles. The summed E-state index contributed by atoms with van der Waals surface area (Å²) in [4.78, 5) is 25.6. The number of carbonyl (C=O) groups excluding carboxylic acids is 1. The molecular formula is C29H34N4O5.